The maximum atomic E-state index is 11.6. The summed E-state index contributed by atoms with van der Waals surface area (Å²) < 4.78 is 4.44. The molecular formula is C23H36N8O4S2. The van der Waals surface area contributed by atoms with Crippen molar-refractivity contribution in [1.29, 1.82) is 0 Å². The molecule has 2 fully saturated rings. The smallest absolute Gasteiger partial charge is 0.386 e. The second-order valence-electron chi connectivity index (χ2n) is 8.43. The molecule has 0 bridgehead atoms. The van der Waals surface area contributed by atoms with Crippen molar-refractivity contribution in [3.63, 3.8) is 0 Å². The number of ether oxygens (including phenoxy) is 1. The van der Waals surface area contributed by atoms with E-state index in [1.54, 1.807) is 0 Å². The van der Waals surface area contributed by atoms with Crippen LogP contribution < -0.4 is 17.0 Å². The van der Waals surface area contributed by atoms with Crippen molar-refractivity contribution in [3.8, 4) is 0 Å². The summed E-state index contributed by atoms with van der Waals surface area (Å²) in [4.78, 5) is 47.9. The fourth-order valence-electron chi connectivity index (χ4n) is 3.49. The normalized spacial score (nSPS) is 16.0. The Morgan fingerprint density at radius 3 is 1.97 bits per heavy atom. The highest BCUT2D eigenvalue weighted by Gasteiger charge is 2.23. The van der Waals surface area contributed by atoms with Gasteiger partial charge in [0.25, 0.3) is 11.2 Å². The molecule has 2 saturated heterocycles. The largest absolute Gasteiger partial charge is 0.464 e. The van der Waals surface area contributed by atoms with Crippen molar-refractivity contribution in [2.45, 2.75) is 31.6 Å². The minimum absolute atomic E-state index is 0.000000000000000222. The monoisotopic (exact) mass is 552 g/mol. The van der Waals surface area contributed by atoms with Gasteiger partial charge >= 0.3 is 12.5 Å². The first-order valence-corrected chi connectivity index (χ1v) is 12.3. The summed E-state index contributed by atoms with van der Waals surface area (Å²) >= 11 is 9.06. The van der Waals surface area contributed by atoms with Gasteiger partial charge in [-0.1, -0.05) is 0 Å². The lowest BCUT2D eigenvalue weighted by molar-refractivity contribution is -0.138. The van der Waals surface area contributed by atoms with Gasteiger partial charge < -0.3 is 45.6 Å². The van der Waals surface area contributed by atoms with E-state index in [-0.39, 0.29) is 28.8 Å². The van der Waals surface area contributed by atoms with Crippen molar-refractivity contribution in [2.24, 2.45) is 17.4 Å². The first-order chi connectivity index (χ1) is 17.5. The Balaban J connectivity index is 0.000000544. The van der Waals surface area contributed by atoms with E-state index in [0.717, 1.165) is 58.1 Å². The van der Waals surface area contributed by atoms with Crippen LogP contribution in [0.4, 0.5) is 5.69 Å². The van der Waals surface area contributed by atoms with E-state index in [9.17, 15) is 14.4 Å². The molecule has 14 heteroatoms. The number of esters is 1. The van der Waals surface area contributed by atoms with Crippen LogP contribution in [0.2, 0.25) is 0 Å². The number of carbonyl (C=O) groups excluding carboxylic acids is 2. The van der Waals surface area contributed by atoms with E-state index in [1.165, 1.54) is 7.11 Å². The maximum Gasteiger partial charge on any atom is 0.386 e. The number of methoxy groups -OCH3 is 1. The first-order valence-electron chi connectivity index (χ1n) is 11.5. The molecule has 0 aromatic carbocycles. The van der Waals surface area contributed by atoms with E-state index in [2.05, 4.69) is 72.0 Å². The maximum absolute atomic E-state index is 11.6. The zero-order chi connectivity index (χ0) is 28.4. The van der Waals surface area contributed by atoms with Crippen LogP contribution in [0.1, 0.15) is 37.3 Å². The van der Waals surface area contributed by atoms with Gasteiger partial charge in [-0.2, -0.15) is 0 Å². The van der Waals surface area contributed by atoms with Crippen LogP contribution in [0.15, 0.2) is 4.79 Å². The summed E-state index contributed by atoms with van der Waals surface area (Å²) in [7, 11) is 5.43. The van der Waals surface area contributed by atoms with Crippen molar-refractivity contribution in [2.75, 3.05) is 53.9 Å². The summed E-state index contributed by atoms with van der Waals surface area (Å²) in [5, 5.41) is 0.000000000000000222. The van der Waals surface area contributed by atoms with Crippen LogP contribution in [-0.4, -0.2) is 91.1 Å². The Morgan fingerprint density at radius 2 is 1.59 bits per heavy atom. The van der Waals surface area contributed by atoms with Crippen LogP contribution in [0.25, 0.3) is 9.69 Å². The highest BCUT2D eigenvalue weighted by atomic mass is 32.1. The second-order valence-corrected chi connectivity index (χ2v) is 9.31. The fraction of sp³-hybridized carbons (Fsp3) is 0.609. The minimum Gasteiger partial charge on any atom is -0.464 e. The average Bonchev–Trinajstić information content (AvgIpc) is 2.85. The molecule has 6 N–H and O–H groups in total. The summed E-state index contributed by atoms with van der Waals surface area (Å²) in [6, 6.07) is 0. The molecule has 0 unspecified atom stereocenters. The third-order valence-electron chi connectivity index (χ3n) is 5.58. The van der Waals surface area contributed by atoms with Crippen LogP contribution in [0.3, 0.4) is 0 Å². The van der Waals surface area contributed by atoms with Crippen molar-refractivity contribution in [1.82, 2.24) is 19.8 Å². The lowest BCUT2D eigenvalue weighted by atomic mass is 9.93. The molecule has 2 aliphatic rings. The molecule has 3 heterocycles. The minimum atomic E-state index is -0.477. The molecule has 37 heavy (non-hydrogen) atoms. The number of nitrogens with two attached hydrogens (primary N) is 2. The quantitative estimate of drug-likeness (QED) is 0.188. The number of nitrogens with zero attached hydrogens (tertiary/aromatic N) is 4. The van der Waals surface area contributed by atoms with Gasteiger partial charge in [-0.15, -0.1) is 0 Å². The van der Waals surface area contributed by atoms with E-state index in [1.807, 2.05) is 0 Å². The summed E-state index contributed by atoms with van der Waals surface area (Å²) in [6.07, 6.45) is 5.11. The Labute approximate surface area is 228 Å². The second kappa shape index (κ2) is 19.0. The molecule has 0 saturated carbocycles. The number of nitrogens with one attached hydrogen (secondary N) is 2. The van der Waals surface area contributed by atoms with Gasteiger partial charge in [0.05, 0.1) is 13.7 Å². The molecule has 0 atom stereocenters. The molecule has 3 rings (SSSR count). The van der Waals surface area contributed by atoms with Crippen molar-refractivity contribution in [3.05, 3.63) is 43.7 Å². The number of H-pyrrole nitrogens is 2. The van der Waals surface area contributed by atoms with Gasteiger partial charge in [-0.05, 0) is 96.3 Å². The Hall–Kier alpha value is -3.17. The number of rotatable bonds is 3. The molecular weight excluding hydrogens is 516 g/mol. The highest BCUT2D eigenvalue weighted by molar-refractivity contribution is 7.80. The van der Waals surface area contributed by atoms with E-state index < -0.39 is 5.97 Å². The number of hydrogen-bond donors (Lipinski definition) is 4. The zero-order valence-electron chi connectivity index (χ0n) is 21.5. The van der Waals surface area contributed by atoms with E-state index in [0.29, 0.717) is 16.4 Å². The number of piperidine rings is 2. The van der Waals surface area contributed by atoms with E-state index >= 15 is 0 Å². The Bertz CT molecular complexity index is 1060. The first kappa shape index (κ1) is 33.8. The molecule has 12 nitrogen and oxygen atoms in total. The number of aromatic amines is 2. The van der Waals surface area contributed by atoms with Crippen LogP contribution in [0, 0.1) is 23.8 Å². The standard InChI is InChI=1S/C11H14N4OS.C7H13NO.C4H5NO2.CH4N2S/c1-12-9-8(13-11(17)14-10(9)16)7-3-5-15(2)6-4-7;1-8-4-2-7(6-9)3-5-8;1-5-3-4(6)7-2;2-1(3)4/h7H,3-6H2,2H3,(H2,13,14,16,17);6-7H,2-5H2,1H3;3H2,2H3;(H4,2,3,4). The van der Waals surface area contributed by atoms with Gasteiger partial charge in [0.15, 0.2) is 9.88 Å². The highest BCUT2D eigenvalue weighted by Crippen LogP contribution is 2.30. The lowest BCUT2D eigenvalue weighted by Gasteiger charge is -2.29. The zero-order valence-corrected chi connectivity index (χ0v) is 23.1. The average molecular weight is 553 g/mol. The van der Waals surface area contributed by atoms with Gasteiger partial charge in [0.1, 0.15) is 6.29 Å². The number of aldehydes is 1. The van der Waals surface area contributed by atoms with Gasteiger partial charge in [0.2, 0.25) is 0 Å². The number of thiocarbonyl (C=S) groups is 1. The van der Waals surface area contributed by atoms with Crippen molar-refractivity contribution >= 4 is 47.5 Å². The Morgan fingerprint density at radius 1 is 1.11 bits per heavy atom. The lowest BCUT2D eigenvalue weighted by Crippen LogP contribution is -2.30. The summed E-state index contributed by atoms with van der Waals surface area (Å²) in [5.74, 6) is 0.107. The molecule has 0 aliphatic carbocycles. The van der Waals surface area contributed by atoms with Gasteiger partial charge in [-0.25, -0.2) is 16.2 Å². The molecule has 1 aromatic rings. The summed E-state index contributed by atoms with van der Waals surface area (Å²) in [5.41, 5.74) is 9.73. The molecule has 0 amide bonds. The van der Waals surface area contributed by atoms with E-state index in [4.69, 9.17) is 25.4 Å². The van der Waals surface area contributed by atoms with Crippen LogP contribution in [0.5, 0.6) is 0 Å². The number of hydrogen-bond acceptors (Lipinski definition) is 8. The Kier molecular flexibility index (Phi) is 17.4. The van der Waals surface area contributed by atoms with Crippen LogP contribution >= 0.6 is 24.4 Å². The third-order valence-corrected chi connectivity index (χ3v) is 5.78. The van der Waals surface area contributed by atoms with Crippen molar-refractivity contribution < 1.29 is 14.3 Å². The molecule has 0 radical (unpaired) electrons. The molecule has 2 aliphatic heterocycles. The fourth-order valence-corrected chi connectivity index (χ4v) is 3.70. The third kappa shape index (κ3) is 14.9. The molecule has 204 valence electrons. The number of aromatic nitrogens is 2. The van der Waals surface area contributed by atoms with Gasteiger partial charge in [-0.3, -0.25) is 4.79 Å². The van der Waals surface area contributed by atoms with Gasteiger partial charge in [0, 0.05) is 11.6 Å². The topological polar surface area (TPSA) is 159 Å². The molecule has 0 spiro atoms. The number of carbonyl (C=O) groups is 2. The predicted octanol–water partition coefficient (Wildman–Crippen LogP) is 1.59. The number of likely N-dealkylation sites (tertiary alicyclic amines) is 2. The SMILES string of the molecule is CN1CCC(C=O)CC1.NC(N)=S.[C-]#[N+]CC(=O)OC.[C-]#[N+]c1c(C2CCN(C)CC2)[nH]c(=S)[nH]c1=O. The summed E-state index contributed by atoms with van der Waals surface area (Å²) in [6.45, 7) is 17.2. The molecule has 1 aromatic heterocycles. The van der Waals surface area contributed by atoms with Crippen LogP contribution in [-0.2, 0) is 14.3 Å². The predicted molar refractivity (Wildman–Crippen MR) is 149 cm³/mol.